The van der Waals surface area contributed by atoms with E-state index in [1.54, 1.807) is 36.7 Å². The second-order valence-electron chi connectivity index (χ2n) is 7.59. The van der Waals surface area contributed by atoms with Crippen LogP contribution in [-0.2, 0) is 17.8 Å². The van der Waals surface area contributed by atoms with E-state index in [-0.39, 0.29) is 42.3 Å². The van der Waals surface area contributed by atoms with Crippen LogP contribution in [0.25, 0.3) is 21.8 Å². The number of aliphatic hydroxyl groups is 2. The summed E-state index contributed by atoms with van der Waals surface area (Å²) in [6.07, 6.45) is -1.09. The zero-order valence-electron chi connectivity index (χ0n) is 20.0. The van der Waals surface area contributed by atoms with Gasteiger partial charge in [-0.1, -0.05) is 36.4 Å². The molecule has 4 rings (SSSR count). The van der Waals surface area contributed by atoms with Crippen LogP contribution in [0.2, 0.25) is 0 Å². The van der Waals surface area contributed by atoms with Crippen LogP contribution in [0.4, 0.5) is 0 Å². The minimum atomic E-state index is -1.06. The third-order valence-electron chi connectivity index (χ3n) is 4.77. The number of carboxylic acids is 1. The number of carbonyl (C=O) groups is 2. The molecule has 0 aliphatic heterocycles. The molecule has 12 heteroatoms. The Hall–Kier alpha value is -3.20. The minimum Gasteiger partial charge on any atom is -0.870 e. The van der Waals surface area contributed by atoms with Gasteiger partial charge < -0.3 is 25.5 Å². The number of esters is 1. The Morgan fingerprint density at radius 1 is 0.857 bits per heavy atom. The molecular weight excluding hydrogens is 451 g/mol. The first kappa shape index (κ1) is 29.8. The van der Waals surface area contributed by atoms with E-state index in [0.29, 0.717) is 11.9 Å². The zero-order chi connectivity index (χ0) is 24.1. The number of carboxylic acid groups (broad SMARTS) is 1. The first-order valence-corrected chi connectivity index (χ1v) is 10.3. The molecule has 35 heavy (non-hydrogen) atoms. The van der Waals surface area contributed by atoms with Crippen LogP contribution < -0.4 is 18.9 Å². The van der Waals surface area contributed by atoms with E-state index in [2.05, 4.69) is 14.9 Å². The van der Waals surface area contributed by atoms with Crippen molar-refractivity contribution in [2.24, 2.45) is 0 Å². The first-order chi connectivity index (χ1) is 15.7. The summed E-state index contributed by atoms with van der Waals surface area (Å²) < 4.78 is 7.82. The normalized spacial score (nSPS) is 12.0. The van der Waals surface area contributed by atoms with Crippen LogP contribution in [-0.4, -0.2) is 71.6 Å². The van der Waals surface area contributed by atoms with E-state index in [4.69, 9.17) is 5.11 Å². The third kappa shape index (κ3) is 6.91. The number of rotatable bonds is 6. The van der Waals surface area contributed by atoms with Crippen LogP contribution in [0.15, 0.2) is 48.5 Å². The number of benzene rings is 2. The summed E-state index contributed by atoms with van der Waals surface area (Å²) in [6, 6.07) is 14.5. The van der Waals surface area contributed by atoms with Crippen LogP contribution >= 0.6 is 0 Å². The van der Waals surface area contributed by atoms with E-state index in [1.165, 1.54) is 11.8 Å². The van der Waals surface area contributed by atoms with E-state index in [9.17, 15) is 19.8 Å². The van der Waals surface area contributed by atoms with Crippen molar-refractivity contribution in [2.75, 3.05) is 7.11 Å². The molecule has 0 spiro atoms. The number of carbonyl (C=O) groups excluding carboxylic acids is 1. The molecule has 0 saturated carbocycles. The Morgan fingerprint density at radius 3 is 1.66 bits per heavy atom. The summed E-state index contributed by atoms with van der Waals surface area (Å²) >= 11 is 0. The summed E-state index contributed by atoms with van der Waals surface area (Å²) in [4.78, 5) is 22.5. The maximum atomic E-state index is 11.6. The molecule has 2 aromatic heterocycles. The predicted molar refractivity (Wildman–Crippen MR) is 123 cm³/mol. The average molecular weight is 478 g/mol. The van der Waals surface area contributed by atoms with Crippen LogP contribution in [0.5, 0.6) is 0 Å². The number of hydrogen-bond donors (Lipinski definition) is 3. The Kier molecular flexibility index (Phi) is 11.1. The SMILES string of the molecule is CC(O)Cn1nc(C(=O)O)c2ccccc21.COC(=O)c1nn(CC(C)O)c2ccccc12.[Li+].[OH-]. The van der Waals surface area contributed by atoms with Gasteiger partial charge in [0, 0.05) is 10.8 Å². The van der Waals surface area contributed by atoms with Crippen LogP contribution in [0, 0.1) is 0 Å². The largest absolute Gasteiger partial charge is 1.00 e. The van der Waals surface area contributed by atoms with Crippen molar-refractivity contribution in [2.45, 2.75) is 39.1 Å². The molecule has 0 radical (unpaired) electrons. The van der Waals surface area contributed by atoms with E-state index >= 15 is 0 Å². The number of fused-ring (bicyclic) bond motifs is 2. The molecule has 0 aliphatic rings. The summed E-state index contributed by atoms with van der Waals surface area (Å²) in [6.45, 7) is 3.94. The fraction of sp³-hybridized carbons (Fsp3) is 0.304. The molecule has 2 unspecified atom stereocenters. The Bertz CT molecular complexity index is 1280. The van der Waals surface area contributed by atoms with E-state index < -0.39 is 24.1 Å². The molecule has 2 aromatic carbocycles. The monoisotopic (exact) mass is 478 g/mol. The van der Waals surface area contributed by atoms with Crippen molar-refractivity contribution in [1.29, 1.82) is 0 Å². The molecule has 11 nitrogen and oxygen atoms in total. The number of ether oxygens (including phenoxy) is 1. The van der Waals surface area contributed by atoms with Gasteiger partial charge in [0.15, 0.2) is 11.4 Å². The second-order valence-corrected chi connectivity index (χ2v) is 7.59. The van der Waals surface area contributed by atoms with Gasteiger partial charge >= 0.3 is 30.8 Å². The predicted octanol–water partition coefficient (Wildman–Crippen LogP) is -0.854. The standard InChI is InChI=1S/C12H14N2O3.C11H12N2O3.Li.H2O/c1-8(15)7-14-10-6-4-3-5-9(10)11(13-14)12(16)17-2;1-7(14)6-13-9-5-3-2-4-8(9)10(12-13)11(15)16;;/h3-6,8,15H,7H2,1-2H3;2-5,7,14H,6H2,1H3,(H,15,16);;1H2/q;;+1;/p-1. The maximum Gasteiger partial charge on any atom is 1.00 e. The fourth-order valence-electron chi connectivity index (χ4n) is 3.44. The molecule has 4 aromatic rings. The topological polar surface area (TPSA) is 170 Å². The summed E-state index contributed by atoms with van der Waals surface area (Å²) in [7, 11) is 1.32. The second kappa shape index (κ2) is 13.0. The van der Waals surface area contributed by atoms with Crippen LogP contribution in [0.1, 0.15) is 34.8 Å². The smallest absolute Gasteiger partial charge is 0.870 e. The Morgan fingerprint density at radius 2 is 1.26 bits per heavy atom. The molecule has 0 amide bonds. The molecule has 2 heterocycles. The van der Waals surface area contributed by atoms with Gasteiger partial charge in [0.1, 0.15) is 0 Å². The van der Waals surface area contributed by atoms with Gasteiger partial charge in [-0.2, -0.15) is 10.2 Å². The van der Waals surface area contributed by atoms with Gasteiger partial charge in [-0.05, 0) is 26.0 Å². The molecular formula is C23H27LiN4O7. The van der Waals surface area contributed by atoms with E-state index in [1.807, 2.05) is 30.3 Å². The average Bonchev–Trinajstić information content (AvgIpc) is 3.32. The minimum absolute atomic E-state index is 0. The van der Waals surface area contributed by atoms with Gasteiger partial charge in [0.05, 0.1) is 43.4 Å². The van der Waals surface area contributed by atoms with Gasteiger partial charge in [0.25, 0.3) is 0 Å². The number of para-hydroxylation sites is 2. The quantitative estimate of drug-likeness (QED) is 0.236. The van der Waals surface area contributed by atoms with Gasteiger partial charge in [-0.25, -0.2) is 9.59 Å². The molecule has 2 atom stereocenters. The van der Waals surface area contributed by atoms with Crippen molar-refractivity contribution in [3.05, 3.63) is 59.9 Å². The van der Waals surface area contributed by atoms with Crippen molar-refractivity contribution < 1.29 is 54.0 Å². The number of aromatic carboxylic acids is 1. The molecule has 0 aliphatic carbocycles. The number of hydrogen-bond acceptors (Lipinski definition) is 8. The van der Waals surface area contributed by atoms with Crippen molar-refractivity contribution in [3.8, 4) is 0 Å². The number of aromatic nitrogens is 4. The molecule has 0 bridgehead atoms. The molecule has 0 fully saturated rings. The Labute approximate surface area is 213 Å². The third-order valence-corrected chi connectivity index (χ3v) is 4.77. The van der Waals surface area contributed by atoms with Crippen molar-refractivity contribution in [1.82, 2.24) is 19.6 Å². The number of nitrogens with zero attached hydrogens (tertiary/aromatic N) is 4. The van der Waals surface area contributed by atoms with Crippen molar-refractivity contribution in [3.63, 3.8) is 0 Å². The zero-order valence-corrected chi connectivity index (χ0v) is 20.0. The van der Waals surface area contributed by atoms with Gasteiger partial charge in [0.2, 0.25) is 0 Å². The number of aliphatic hydroxyl groups excluding tert-OH is 2. The van der Waals surface area contributed by atoms with Crippen molar-refractivity contribution >= 4 is 33.7 Å². The summed E-state index contributed by atoms with van der Waals surface area (Å²) in [5, 5.41) is 37.2. The molecule has 4 N–H and O–H groups in total. The molecule has 182 valence electrons. The Balaban J connectivity index is 0.000000332. The van der Waals surface area contributed by atoms with E-state index in [0.717, 1.165) is 16.4 Å². The van der Waals surface area contributed by atoms with Gasteiger partial charge in [-0.15, -0.1) is 0 Å². The number of methoxy groups -OCH3 is 1. The van der Waals surface area contributed by atoms with Crippen LogP contribution in [0.3, 0.4) is 0 Å². The van der Waals surface area contributed by atoms with Gasteiger partial charge in [-0.3, -0.25) is 9.36 Å². The molecule has 0 saturated heterocycles. The first-order valence-electron chi connectivity index (χ1n) is 10.3. The fourth-order valence-corrected chi connectivity index (χ4v) is 3.44. The summed E-state index contributed by atoms with van der Waals surface area (Å²) in [5.74, 6) is -1.52. The summed E-state index contributed by atoms with van der Waals surface area (Å²) in [5.41, 5.74) is 1.84. The maximum absolute atomic E-state index is 11.6.